The van der Waals surface area contributed by atoms with Crippen LogP contribution in [-0.2, 0) is 4.79 Å². The molecule has 4 nitrogen and oxygen atoms in total. The van der Waals surface area contributed by atoms with E-state index in [1.165, 1.54) is 0 Å². The summed E-state index contributed by atoms with van der Waals surface area (Å²) in [4.78, 5) is 10.3. The minimum absolute atomic E-state index is 0.00597. The molecule has 0 saturated carbocycles. The third-order valence-electron chi connectivity index (χ3n) is 1.26. The Morgan fingerprint density at radius 2 is 2.42 bits per heavy atom. The van der Waals surface area contributed by atoms with Gasteiger partial charge in [-0.15, -0.1) is 6.58 Å². The summed E-state index contributed by atoms with van der Waals surface area (Å²) in [5.41, 5.74) is 2.98. The molecule has 0 aromatic carbocycles. The number of hydrogen-bond acceptors (Lipinski definition) is 3. The van der Waals surface area contributed by atoms with Crippen LogP contribution in [-0.4, -0.2) is 35.7 Å². The molecule has 0 aliphatic heterocycles. The second kappa shape index (κ2) is 6.82. The fourth-order valence-corrected chi connectivity index (χ4v) is 0.774. The monoisotopic (exact) mass is 172 g/mol. The van der Waals surface area contributed by atoms with Crippen LogP contribution in [0.4, 0.5) is 0 Å². The smallest absolute Gasteiger partial charge is 0.319 e. The Labute approximate surface area is 72.8 Å². The molecule has 70 valence electrons. The first kappa shape index (κ1) is 11.1. The zero-order valence-corrected chi connectivity index (χ0v) is 7.42. The highest BCUT2D eigenvalue weighted by atomic mass is 16.4. The average Bonchev–Trinajstić information content (AvgIpc) is 2.00. The lowest BCUT2D eigenvalue weighted by atomic mass is 10.5. The van der Waals surface area contributed by atoms with Crippen molar-refractivity contribution in [1.29, 1.82) is 0 Å². The molecule has 0 aliphatic rings. The first-order valence-electron chi connectivity index (χ1n) is 4.01. The normalized spacial score (nSPS) is 10.2. The third-order valence-corrected chi connectivity index (χ3v) is 1.26. The molecule has 0 bridgehead atoms. The number of carboxylic acid groups (broad SMARTS) is 1. The van der Waals surface area contributed by atoms with Gasteiger partial charge in [0.05, 0.1) is 0 Å². The molecule has 2 N–H and O–H groups in total. The van der Waals surface area contributed by atoms with Crippen molar-refractivity contribution in [2.75, 3.05) is 19.6 Å². The Kier molecular flexibility index (Phi) is 6.32. The van der Waals surface area contributed by atoms with Crippen molar-refractivity contribution in [1.82, 2.24) is 10.4 Å². The van der Waals surface area contributed by atoms with Crippen LogP contribution in [0.3, 0.4) is 0 Å². The molecule has 0 radical (unpaired) electrons. The highest BCUT2D eigenvalue weighted by molar-refractivity contribution is 5.68. The highest BCUT2D eigenvalue weighted by Gasteiger charge is 2.05. The summed E-state index contributed by atoms with van der Waals surface area (Å²) in [6, 6.07) is 0. The predicted molar refractivity (Wildman–Crippen MR) is 47.7 cm³/mol. The van der Waals surface area contributed by atoms with Crippen molar-refractivity contribution < 1.29 is 9.90 Å². The Bertz CT molecular complexity index is 148. The van der Waals surface area contributed by atoms with E-state index < -0.39 is 5.97 Å². The van der Waals surface area contributed by atoms with Crippen molar-refractivity contribution in [2.24, 2.45) is 0 Å². The van der Waals surface area contributed by atoms with Crippen LogP contribution in [0.25, 0.3) is 0 Å². The van der Waals surface area contributed by atoms with Crippen molar-refractivity contribution in [2.45, 2.75) is 13.3 Å². The largest absolute Gasteiger partial charge is 0.480 e. The lowest BCUT2D eigenvalue weighted by Crippen LogP contribution is -2.41. The minimum Gasteiger partial charge on any atom is -0.480 e. The number of carbonyl (C=O) groups is 1. The molecule has 0 aromatic heterocycles. The summed E-state index contributed by atoms with van der Waals surface area (Å²) in [7, 11) is 0. The van der Waals surface area contributed by atoms with Crippen molar-refractivity contribution in [3.8, 4) is 0 Å². The number of nitrogens with zero attached hydrogens (tertiary/aromatic N) is 1. The first-order chi connectivity index (χ1) is 5.70. The number of carboxylic acids is 1. The molecule has 0 amide bonds. The van der Waals surface area contributed by atoms with Gasteiger partial charge < -0.3 is 5.11 Å². The maximum atomic E-state index is 10.3. The molecule has 0 atom stereocenters. The molecule has 0 aromatic rings. The summed E-state index contributed by atoms with van der Waals surface area (Å²) in [5.74, 6) is -0.833. The van der Waals surface area contributed by atoms with Gasteiger partial charge in [0.2, 0.25) is 0 Å². The average molecular weight is 172 g/mol. The van der Waals surface area contributed by atoms with Crippen molar-refractivity contribution in [3.05, 3.63) is 12.7 Å². The molecule has 0 saturated heterocycles. The molecular formula is C8H16N2O2. The number of hydrogen-bond donors (Lipinski definition) is 2. The van der Waals surface area contributed by atoms with E-state index in [0.29, 0.717) is 6.54 Å². The molecule has 4 heteroatoms. The van der Waals surface area contributed by atoms with Gasteiger partial charge in [0.1, 0.15) is 6.54 Å². The van der Waals surface area contributed by atoms with E-state index in [-0.39, 0.29) is 6.54 Å². The van der Waals surface area contributed by atoms with Gasteiger partial charge in [-0.1, -0.05) is 13.0 Å². The van der Waals surface area contributed by atoms with Gasteiger partial charge >= 0.3 is 5.97 Å². The lowest BCUT2D eigenvalue weighted by Gasteiger charge is -2.18. The zero-order chi connectivity index (χ0) is 9.40. The highest BCUT2D eigenvalue weighted by Crippen LogP contribution is 1.83. The topological polar surface area (TPSA) is 52.6 Å². The zero-order valence-electron chi connectivity index (χ0n) is 7.42. The molecule has 0 fully saturated rings. The molecule has 0 unspecified atom stereocenters. The number of rotatable bonds is 7. The van der Waals surface area contributed by atoms with Gasteiger partial charge in [0, 0.05) is 13.1 Å². The molecule has 0 heterocycles. The SMILES string of the molecule is C=CCN(CC(=O)O)NCCC. The van der Waals surface area contributed by atoms with Crippen LogP contribution in [0.5, 0.6) is 0 Å². The van der Waals surface area contributed by atoms with Gasteiger partial charge in [0.15, 0.2) is 0 Å². The Morgan fingerprint density at radius 3 is 2.83 bits per heavy atom. The summed E-state index contributed by atoms with van der Waals surface area (Å²) in [6.45, 7) is 6.92. The van der Waals surface area contributed by atoms with Crippen LogP contribution < -0.4 is 5.43 Å². The number of hydrazine groups is 1. The van der Waals surface area contributed by atoms with Gasteiger partial charge in [0.25, 0.3) is 0 Å². The van der Waals surface area contributed by atoms with E-state index >= 15 is 0 Å². The fourth-order valence-electron chi connectivity index (χ4n) is 0.774. The minimum atomic E-state index is -0.833. The summed E-state index contributed by atoms with van der Waals surface area (Å²) in [5, 5.41) is 10.1. The fraction of sp³-hybridized carbons (Fsp3) is 0.625. The molecule has 0 spiro atoms. The second-order valence-electron chi connectivity index (χ2n) is 2.47. The van der Waals surface area contributed by atoms with Crippen LogP contribution in [0.2, 0.25) is 0 Å². The van der Waals surface area contributed by atoms with Crippen molar-refractivity contribution >= 4 is 5.97 Å². The first-order valence-corrected chi connectivity index (χ1v) is 4.01. The van der Waals surface area contributed by atoms with E-state index in [4.69, 9.17) is 5.11 Å². The number of aliphatic carboxylic acids is 1. The third kappa shape index (κ3) is 5.88. The standard InChI is InChI=1S/C8H16N2O2/c1-3-5-9-10(6-4-2)7-8(11)12/h4,9H,2-3,5-7H2,1H3,(H,11,12). The summed E-state index contributed by atoms with van der Waals surface area (Å²) >= 11 is 0. The molecule has 12 heavy (non-hydrogen) atoms. The summed E-state index contributed by atoms with van der Waals surface area (Å²) in [6.07, 6.45) is 2.65. The number of nitrogens with one attached hydrogen (secondary N) is 1. The Hall–Kier alpha value is -0.870. The van der Waals surface area contributed by atoms with E-state index in [1.807, 2.05) is 6.92 Å². The molecular weight excluding hydrogens is 156 g/mol. The quantitative estimate of drug-likeness (QED) is 0.433. The molecule has 0 aliphatic carbocycles. The van der Waals surface area contributed by atoms with Crippen LogP contribution >= 0.6 is 0 Å². The van der Waals surface area contributed by atoms with E-state index in [1.54, 1.807) is 11.1 Å². The molecule has 0 rings (SSSR count). The van der Waals surface area contributed by atoms with Gasteiger partial charge in [-0.25, -0.2) is 5.01 Å². The van der Waals surface area contributed by atoms with Crippen molar-refractivity contribution in [3.63, 3.8) is 0 Å². The maximum Gasteiger partial charge on any atom is 0.319 e. The summed E-state index contributed by atoms with van der Waals surface area (Å²) < 4.78 is 0. The van der Waals surface area contributed by atoms with Gasteiger partial charge in [-0.05, 0) is 6.42 Å². The second-order valence-corrected chi connectivity index (χ2v) is 2.47. The van der Waals surface area contributed by atoms with E-state index in [0.717, 1.165) is 13.0 Å². The van der Waals surface area contributed by atoms with E-state index in [9.17, 15) is 4.79 Å². The van der Waals surface area contributed by atoms with Gasteiger partial charge in [-0.3, -0.25) is 10.2 Å². The van der Waals surface area contributed by atoms with E-state index in [2.05, 4.69) is 12.0 Å². The van der Waals surface area contributed by atoms with Crippen LogP contribution in [0, 0.1) is 0 Å². The predicted octanol–water partition coefficient (Wildman–Crippen LogP) is 0.474. The van der Waals surface area contributed by atoms with Crippen LogP contribution in [0.1, 0.15) is 13.3 Å². The van der Waals surface area contributed by atoms with Gasteiger partial charge in [-0.2, -0.15) is 0 Å². The lowest BCUT2D eigenvalue weighted by molar-refractivity contribution is -0.138. The Morgan fingerprint density at radius 1 is 1.75 bits per heavy atom. The maximum absolute atomic E-state index is 10.3. The Balaban J connectivity index is 3.68. The van der Waals surface area contributed by atoms with Crippen LogP contribution in [0.15, 0.2) is 12.7 Å².